The molecule has 0 rings (SSSR count). The fourth-order valence-electron chi connectivity index (χ4n) is 0. The maximum atomic E-state index is 8.25. The van der Waals surface area contributed by atoms with Crippen molar-refractivity contribution in [1.29, 1.82) is 0 Å². The minimum absolute atomic E-state index is 0. The van der Waals surface area contributed by atoms with Gasteiger partial charge < -0.3 is 25.1 Å². The monoisotopic (exact) mass is 214 g/mol. The average Bonchev–Trinajstić information content (AvgIpc) is 1.66. The number of hydrogen-bond donors (Lipinski definition) is 2. The van der Waals surface area contributed by atoms with E-state index in [4.69, 9.17) is 13.5 Å². The quantitative estimate of drug-likeness (QED) is 0.475. The summed E-state index contributed by atoms with van der Waals surface area (Å²) in [6.07, 6.45) is -0.333. The molecular weight excluding hydrogens is 192 g/mol. The predicted molar refractivity (Wildman–Crippen MR) is 48.2 cm³/mol. The van der Waals surface area contributed by atoms with Crippen LogP contribution in [0.15, 0.2) is 0 Å². The molecule has 0 heterocycles. The summed E-state index contributed by atoms with van der Waals surface area (Å²) in [5, 5.41) is 16.1. The molecule has 12 heavy (non-hydrogen) atoms. The third-order valence-electron chi connectivity index (χ3n) is 0. The van der Waals surface area contributed by atoms with Crippen LogP contribution in [0.2, 0.25) is 0 Å². The first-order chi connectivity index (χ1) is 4.46. The Hall–Kier alpha value is 0.434. The van der Waals surface area contributed by atoms with Gasteiger partial charge in [0.25, 0.3) is 0 Å². The molecule has 3 nitrogen and oxygen atoms in total. The Morgan fingerprint density at radius 1 is 0.833 bits per heavy atom. The molecule has 0 radical (unpaired) electrons. The standard InChI is InChI=1S/2C3H8O.2CH3.O.Ti/c2*1-3(2)4;;;;/h2*3-4H,1-2H3;2*1H3;;/q;;2*-1;;+2. The van der Waals surface area contributed by atoms with E-state index in [2.05, 4.69) is 0 Å². The molecule has 0 amide bonds. The van der Waals surface area contributed by atoms with Gasteiger partial charge >= 0.3 is 23.7 Å². The van der Waals surface area contributed by atoms with E-state index in [-0.39, 0.29) is 27.1 Å². The molecule has 0 fully saturated rings. The molecule has 0 aliphatic rings. The van der Waals surface area contributed by atoms with Crippen molar-refractivity contribution in [2.75, 3.05) is 0 Å². The summed E-state index contributed by atoms with van der Waals surface area (Å²) in [5.41, 5.74) is 0. The van der Waals surface area contributed by atoms with Gasteiger partial charge in [-0.15, -0.1) is 0 Å². The summed E-state index contributed by atoms with van der Waals surface area (Å²) < 4.78 is 8.25. The van der Waals surface area contributed by atoms with Gasteiger partial charge in [0.05, 0.1) is 0 Å². The molecule has 2 N–H and O–H groups in total. The average molecular weight is 214 g/mol. The molecule has 0 aromatic carbocycles. The number of hydrogen-bond acceptors (Lipinski definition) is 3. The van der Waals surface area contributed by atoms with Crippen molar-refractivity contribution in [1.82, 2.24) is 0 Å². The van der Waals surface area contributed by atoms with E-state index in [0.717, 1.165) is 20.4 Å². The maximum absolute atomic E-state index is 8.25. The molecule has 0 saturated carbocycles. The second-order valence-corrected chi connectivity index (χ2v) is 2.19. The van der Waals surface area contributed by atoms with Gasteiger partial charge in [-0.3, -0.25) is 0 Å². The van der Waals surface area contributed by atoms with Crippen molar-refractivity contribution < 1.29 is 33.9 Å². The van der Waals surface area contributed by atoms with Gasteiger partial charge in [-0.25, -0.2) is 0 Å². The van der Waals surface area contributed by atoms with Crippen LogP contribution >= 0.6 is 0 Å². The summed E-state index contributed by atoms with van der Waals surface area (Å²) in [5.74, 6) is 0. The summed E-state index contributed by atoms with van der Waals surface area (Å²) in [6, 6.07) is 0. The van der Waals surface area contributed by atoms with Crippen molar-refractivity contribution in [3.8, 4) is 0 Å². The Morgan fingerprint density at radius 3 is 0.833 bits per heavy atom. The zero-order valence-corrected chi connectivity index (χ0v) is 10.5. The van der Waals surface area contributed by atoms with Crippen LogP contribution in [0.1, 0.15) is 27.7 Å². The van der Waals surface area contributed by atoms with Crippen LogP contribution in [0.4, 0.5) is 0 Å². The minimum atomic E-state index is -0.167. The van der Waals surface area contributed by atoms with Gasteiger partial charge in [0.15, 0.2) is 0 Å². The predicted octanol–water partition coefficient (Wildman–Crippen LogP) is 1.55. The molecule has 0 saturated heterocycles. The van der Waals surface area contributed by atoms with Gasteiger partial charge in [-0.05, 0) is 27.7 Å². The van der Waals surface area contributed by atoms with Gasteiger partial charge in [-0.2, -0.15) is 0 Å². The summed E-state index contributed by atoms with van der Waals surface area (Å²) in [6.45, 7) is 6.89. The number of aliphatic hydroxyl groups is 2. The Morgan fingerprint density at radius 2 is 0.833 bits per heavy atom. The van der Waals surface area contributed by atoms with E-state index < -0.39 is 0 Å². The van der Waals surface area contributed by atoms with E-state index in [9.17, 15) is 0 Å². The van der Waals surface area contributed by atoms with Crippen LogP contribution in [0, 0.1) is 14.9 Å². The Labute approximate surface area is 88.9 Å². The molecule has 0 aromatic rings. The molecule has 0 aliphatic carbocycles. The molecule has 0 bridgehead atoms. The number of rotatable bonds is 0. The third-order valence-corrected chi connectivity index (χ3v) is 0. The Bertz CT molecular complexity index is 38.1. The van der Waals surface area contributed by atoms with Crippen LogP contribution in [-0.4, -0.2) is 22.4 Å². The van der Waals surface area contributed by atoms with Gasteiger partial charge in [0.2, 0.25) is 0 Å². The van der Waals surface area contributed by atoms with Gasteiger partial charge in [0.1, 0.15) is 0 Å². The van der Waals surface area contributed by atoms with Gasteiger partial charge in [-0.1, -0.05) is 0 Å². The molecule has 76 valence electrons. The third kappa shape index (κ3) is 4920. The van der Waals surface area contributed by atoms with E-state index in [1.54, 1.807) is 27.7 Å². The topological polar surface area (TPSA) is 57.5 Å². The molecule has 0 aromatic heterocycles. The van der Waals surface area contributed by atoms with Crippen molar-refractivity contribution in [2.45, 2.75) is 39.9 Å². The molecule has 0 unspecified atom stereocenters. The van der Waals surface area contributed by atoms with E-state index in [1.807, 2.05) is 0 Å². The van der Waals surface area contributed by atoms with Crippen molar-refractivity contribution in [3.63, 3.8) is 0 Å². The fourth-order valence-corrected chi connectivity index (χ4v) is 0. The zero-order valence-electron chi connectivity index (χ0n) is 8.96. The van der Waals surface area contributed by atoms with E-state index in [0.29, 0.717) is 0 Å². The summed E-state index contributed by atoms with van der Waals surface area (Å²) in [7, 11) is 0. The SMILES string of the molecule is CC(C)O.CC(C)O.[CH3-].[CH3-].[O]=[Ti+2]. The summed E-state index contributed by atoms with van der Waals surface area (Å²) in [4.78, 5) is 0. The molecule has 0 aliphatic heterocycles. The molecule has 0 atom stereocenters. The van der Waals surface area contributed by atoms with Crippen LogP contribution in [0.25, 0.3) is 0 Å². The second kappa shape index (κ2) is 30.1. The second-order valence-electron chi connectivity index (χ2n) is 2.19. The van der Waals surface area contributed by atoms with Crippen LogP contribution in [0.5, 0.6) is 0 Å². The van der Waals surface area contributed by atoms with Gasteiger partial charge in [0, 0.05) is 12.2 Å². The normalized spacial score (nSPS) is 6.50. The van der Waals surface area contributed by atoms with Crippen LogP contribution in [-0.2, 0) is 23.7 Å². The van der Waals surface area contributed by atoms with Crippen LogP contribution in [0.3, 0.4) is 0 Å². The fraction of sp³-hybridized carbons (Fsp3) is 0.750. The van der Waals surface area contributed by atoms with Crippen molar-refractivity contribution >= 4 is 0 Å². The molecular formula is C8H22O3Ti. The molecule has 0 spiro atoms. The van der Waals surface area contributed by atoms with E-state index in [1.165, 1.54) is 0 Å². The Kier molecular flexibility index (Phi) is 73.7. The van der Waals surface area contributed by atoms with Crippen LogP contribution < -0.4 is 0 Å². The zero-order chi connectivity index (χ0) is 9.15. The van der Waals surface area contributed by atoms with E-state index >= 15 is 0 Å². The number of aliphatic hydroxyl groups excluding tert-OH is 2. The molecule has 4 heteroatoms. The van der Waals surface area contributed by atoms with Crippen molar-refractivity contribution in [3.05, 3.63) is 14.9 Å². The first-order valence-corrected chi connectivity index (χ1v) is 3.67. The Balaban J connectivity index is -0.0000000198. The first kappa shape index (κ1) is 29.4. The van der Waals surface area contributed by atoms with Crippen molar-refractivity contribution in [2.24, 2.45) is 0 Å². The summed E-state index contributed by atoms with van der Waals surface area (Å²) >= 11 is 0.750. The first-order valence-electron chi connectivity index (χ1n) is 3.03.